The van der Waals surface area contributed by atoms with Gasteiger partial charge in [-0.25, -0.2) is 0 Å². The van der Waals surface area contributed by atoms with Crippen molar-refractivity contribution in [2.45, 2.75) is 0 Å². The zero-order valence-electron chi connectivity index (χ0n) is 51.6. The molecule has 30 heteroatoms. The second-order valence-electron chi connectivity index (χ2n) is 24.3. The summed E-state index contributed by atoms with van der Waals surface area (Å²) in [5.74, 6) is 0. The molecule has 11 aromatic carbocycles. The zero-order chi connectivity index (χ0) is 69.5. The Morgan fingerprint density at radius 2 is 0.571 bits per heavy atom. The first-order chi connectivity index (χ1) is 46.8. The van der Waals surface area contributed by atoms with Gasteiger partial charge in [-0.2, -0.15) is 10.5 Å². The summed E-state index contributed by atoms with van der Waals surface area (Å²) in [4.78, 5) is 0. The number of aromatic nitrogens is 5. The molecule has 0 atom stereocenters. The predicted molar refractivity (Wildman–Crippen MR) is 431 cm³/mol. The molecule has 0 unspecified atom stereocenters. The van der Waals surface area contributed by atoms with Gasteiger partial charge in [-0.3, -0.25) is 0 Å². The molecule has 0 fully saturated rings. The van der Waals surface area contributed by atoms with Crippen molar-refractivity contribution >= 4 is 415 Å². The van der Waals surface area contributed by atoms with Crippen molar-refractivity contribution in [3.8, 4) is 40.6 Å². The van der Waals surface area contributed by atoms with Gasteiger partial charge >= 0.3 is 0 Å². The lowest BCUT2D eigenvalue weighted by atomic mass is 9.63. The van der Waals surface area contributed by atoms with E-state index in [2.05, 4.69) is 16.7 Å². The maximum absolute atomic E-state index is 13.1. The largest absolute Gasteiger partial charge is 0.309 e. The van der Waals surface area contributed by atoms with Crippen LogP contribution in [0, 0.1) is 22.7 Å². The van der Waals surface area contributed by atoms with Crippen molar-refractivity contribution in [3.63, 3.8) is 0 Å². The molecule has 0 saturated carbocycles. The smallest absolute Gasteiger partial charge is 0.115 e. The van der Waals surface area contributed by atoms with Gasteiger partial charge < -0.3 is 22.8 Å². The van der Waals surface area contributed by atoms with E-state index in [0.29, 0.717) is 21.8 Å². The van der Waals surface area contributed by atoms with Gasteiger partial charge in [0.1, 0.15) is 204 Å². The summed E-state index contributed by atoms with van der Waals surface area (Å²) in [6.07, 6.45) is 0. The minimum Gasteiger partial charge on any atom is -0.309 e. The fourth-order valence-corrected chi connectivity index (χ4v) is 15.1. The van der Waals surface area contributed by atoms with E-state index in [1.807, 2.05) is 95.6 Å². The van der Waals surface area contributed by atoms with E-state index in [0.717, 1.165) is 27.5 Å². The zero-order valence-corrected chi connectivity index (χ0v) is 51.6. The van der Waals surface area contributed by atoms with Crippen LogP contribution >= 0.6 is 0 Å². The predicted octanol–water partition coefficient (Wildman–Crippen LogP) is -10.8. The van der Waals surface area contributed by atoms with Gasteiger partial charge in [0.2, 0.25) is 0 Å². The first-order valence-electron chi connectivity index (χ1n) is 30.0. The Morgan fingerprint density at radius 1 is 0.224 bits per heavy atom. The summed E-state index contributed by atoms with van der Waals surface area (Å²) in [5, 5.41) is 29.6. The molecule has 0 spiro atoms. The highest BCUT2D eigenvalue weighted by Gasteiger charge is 2.38. The van der Waals surface area contributed by atoms with Crippen LogP contribution in [-0.2, 0) is 0 Å². The topological polar surface area (TPSA) is 72.2 Å². The normalized spacial score (nSPS) is 12.0. The summed E-state index contributed by atoms with van der Waals surface area (Å²) in [7, 11) is 163. The number of rotatable bonds is 5. The molecular formula is C68H16B23N7. The maximum atomic E-state index is 13.1. The van der Waals surface area contributed by atoms with Crippen LogP contribution in [0.4, 0.5) is 0 Å². The standard InChI is InChI=1S/C68H16B23N7/c69-25-16-29-31(38(71)37(25)70)32-39(72)44(77)49(82)54(87)63(32)96(29)59-23(17-92)61(97-64-33(40(73)45(78)50(83)55(64)88)34-41(74)46(79)51(84)56(89)65(34)97)68(62(24(59)18-93)98-66-35(42(75)47(80)52(85)57(66)90)36-43(76)48(81)53(86)58(91)67(36)98)95-27-13-7-5-11-22(27)30-28(95)15-14-21-20-10-4-6-12-26(20)94(60(21)30)19-8-2-1-3-9-19/h1-16H. The molecule has 16 rings (SSSR count). The van der Waals surface area contributed by atoms with Gasteiger partial charge in [0.25, 0.3) is 0 Å². The van der Waals surface area contributed by atoms with Crippen LogP contribution in [0.2, 0.25) is 0 Å². The Hall–Kier alpha value is -9.11. The lowest BCUT2D eigenvalue weighted by Crippen LogP contribution is -2.49. The third-order valence-corrected chi connectivity index (χ3v) is 19.7. The molecule has 46 radical (unpaired) electrons. The Labute approximate surface area is 593 Å². The van der Waals surface area contributed by atoms with Gasteiger partial charge in [-0.05, 0) is 68.7 Å². The lowest BCUT2D eigenvalue weighted by Gasteiger charge is -2.29. The van der Waals surface area contributed by atoms with Crippen molar-refractivity contribution in [1.82, 2.24) is 22.8 Å². The van der Waals surface area contributed by atoms with Gasteiger partial charge in [0, 0.05) is 54.8 Å². The van der Waals surface area contributed by atoms with E-state index < -0.39 is 11.1 Å². The average Bonchev–Trinajstić information content (AvgIpc) is 1.46. The van der Waals surface area contributed by atoms with E-state index >= 15 is 0 Å². The Kier molecular flexibility index (Phi) is 14.2. The van der Waals surface area contributed by atoms with Gasteiger partial charge in [-0.1, -0.05) is 121 Å². The van der Waals surface area contributed by atoms with Crippen LogP contribution in [0.25, 0.3) is 137 Å². The van der Waals surface area contributed by atoms with Crippen molar-refractivity contribution in [2.24, 2.45) is 0 Å². The fraction of sp³-hybridized carbons (Fsp3) is 0. The molecule has 98 heavy (non-hydrogen) atoms. The number of benzene rings is 11. The molecule has 5 aromatic heterocycles. The minimum atomic E-state index is -0.402. The first-order valence-corrected chi connectivity index (χ1v) is 30.0. The molecule has 0 aliphatic heterocycles. The van der Waals surface area contributed by atoms with Crippen molar-refractivity contribution in [1.29, 1.82) is 10.5 Å². The molecule has 0 amide bonds. The van der Waals surface area contributed by atoms with Crippen molar-refractivity contribution < 1.29 is 0 Å². The van der Waals surface area contributed by atoms with E-state index in [-0.39, 0.29) is 214 Å². The summed E-state index contributed by atoms with van der Waals surface area (Å²) < 4.78 is 8.49. The number of para-hydroxylation sites is 3. The molecule has 0 N–H and O–H groups in total. The molecule has 0 aliphatic carbocycles. The highest BCUT2D eigenvalue weighted by Crippen LogP contribution is 2.49. The van der Waals surface area contributed by atoms with Crippen molar-refractivity contribution in [2.75, 3.05) is 0 Å². The van der Waals surface area contributed by atoms with Crippen LogP contribution in [-0.4, -0.2) is 203 Å². The fourth-order valence-electron chi connectivity index (χ4n) is 15.1. The highest BCUT2D eigenvalue weighted by atomic mass is 15.1. The molecule has 392 valence electrons. The summed E-state index contributed by atoms with van der Waals surface area (Å²) in [6.45, 7) is 0. The van der Waals surface area contributed by atoms with E-state index in [1.54, 1.807) is 0 Å². The quantitative estimate of drug-likeness (QED) is 0.161. The lowest BCUT2D eigenvalue weighted by molar-refractivity contribution is 1.02. The van der Waals surface area contributed by atoms with Crippen LogP contribution in [0.3, 0.4) is 0 Å². The third kappa shape index (κ3) is 7.84. The van der Waals surface area contributed by atoms with Gasteiger partial charge in [0.05, 0.1) is 50.3 Å². The molecule has 0 aliphatic rings. The van der Waals surface area contributed by atoms with Gasteiger partial charge in [-0.15, -0.1) is 65.6 Å². The van der Waals surface area contributed by atoms with Crippen LogP contribution in [0.5, 0.6) is 0 Å². The van der Waals surface area contributed by atoms with E-state index in [4.69, 9.17) is 180 Å². The third-order valence-electron chi connectivity index (χ3n) is 19.7. The molecular weight excluding hydrogens is 1160 g/mol. The average molecular weight is 1180 g/mol. The summed E-state index contributed by atoms with van der Waals surface area (Å²) >= 11 is 0. The Balaban J connectivity index is 1.34. The Morgan fingerprint density at radius 3 is 0.990 bits per heavy atom. The number of hydrogen-bond acceptors (Lipinski definition) is 2. The molecule has 16 aromatic rings. The second kappa shape index (κ2) is 21.9. The summed E-state index contributed by atoms with van der Waals surface area (Å²) in [6, 6.07) is 35.8. The minimum absolute atomic E-state index is 0.0456. The number of nitrogens with zero attached hydrogens (tertiary/aromatic N) is 7. The van der Waals surface area contributed by atoms with Crippen LogP contribution in [0.15, 0.2) is 97.1 Å². The second-order valence-corrected chi connectivity index (χ2v) is 24.3. The number of hydrogen-bond donors (Lipinski definition) is 0. The number of nitriles is 2. The van der Waals surface area contributed by atoms with Crippen LogP contribution in [0.1, 0.15) is 11.1 Å². The Bertz CT molecular complexity index is 6270. The maximum Gasteiger partial charge on any atom is 0.115 e. The molecule has 0 saturated heterocycles. The molecule has 7 nitrogen and oxygen atoms in total. The SMILES string of the molecule is [B]c1cc2c(c([B])c1[B])c1c([B])c([B])c([B])c([B])c1n2-c1c(C#N)c(-n2c3c([B])c([B])c([B])c([B])c3c3c([B])c([B])c([B])c([B])c32)c(-n2c3ccccc3c3c2ccc2c4ccccc4n(-c4ccccc4)c23)c(-n2c3c([B])c([B])c([B])c([B])c3c3c([B])c([B])c([B])c([B])c32)c1C#N. The number of fused-ring (bicyclic) bond motifs is 16. The van der Waals surface area contributed by atoms with E-state index in [9.17, 15) is 10.5 Å². The highest BCUT2D eigenvalue weighted by molar-refractivity contribution is 6.75. The molecule has 0 bridgehead atoms. The monoisotopic (exact) mass is 1180 g/mol. The van der Waals surface area contributed by atoms with Gasteiger partial charge in [0.15, 0.2) is 0 Å². The van der Waals surface area contributed by atoms with Crippen LogP contribution < -0.4 is 126 Å². The van der Waals surface area contributed by atoms with Crippen molar-refractivity contribution in [3.05, 3.63) is 108 Å². The summed E-state index contributed by atoms with van der Waals surface area (Å²) in [5.41, 5.74) is -2.50. The molecule has 5 heterocycles. The first kappa shape index (κ1) is 63.6. The van der Waals surface area contributed by atoms with E-state index in [1.165, 1.54) is 19.8 Å².